The average Bonchev–Trinajstić information content (AvgIpc) is 2.76. The third-order valence-corrected chi connectivity index (χ3v) is 3.45. The second-order valence-corrected chi connectivity index (χ2v) is 4.65. The normalized spacial score (nSPS) is 20.9. The molecule has 3 rings (SSSR count). The zero-order chi connectivity index (χ0) is 10.6. The van der Waals surface area contributed by atoms with Crippen LogP contribution in [0.5, 0.6) is 11.5 Å². The van der Waals surface area contributed by atoms with Crippen molar-refractivity contribution in [3.05, 3.63) is 22.8 Å². The smallest absolute Gasteiger partial charge is 0.124 e. The highest BCUT2D eigenvalue weighted by Crippen LogP contribution is 2.51. The second kappa shape index (κ2) is 2.67. The van der Waals surface area contributed by atoms with Crippen LogP contribution < -0.4 is 10.5 Å². The summed E-state index contributed by atoms with van der Waals surface area (Å²) in [6.07, 6.45) is 2.81. The van der Waals surface area contributed by atoms with Crippen LogP contribution in [0.3, 0.4) is 0 Å². The summed E-state index contributed by atoms with van der Waals surface area (Å²) in [5, 5.41) is 10.1. The van der Waals surface area contributed by atoms with E-state index in [1.807, 2.05) is 13.0 Å². The van der Waals surface area contributed by atoms with Gasteiger partial charge in [0.05, 0.1) is 6.61 Å². The summed E-state index contributed by atoms with van der Waals surface area (Å²) < 4.78 is 5.53. The molecule has 0 atom stereocenters. The molecule has 0 spiro atoms. The predicted molar refractivity (Wildman–Crippen MR) is 57.1 cm³/mol. The molecule has 1 saturated carbocycles. The first-order valence-electron chi connectivity index (χ1n) is 5.39. The van der Waals surface area contributed by atoms with E-state index in [9.17, 15) is 5.11 Å². The van der Waals surface area contributed by atoms with E-state index in [2.05, 4.69) is 0 Å². The molecule has 3 heteroatoms. The van der Waals surface area contributed by atoms with E-state index in [-0.39, 0.29) is 5.54 Å². The number of phenols is 1. The number of hydrogen-bond donors (Lipinski definition) is 2. The number of rotatable bonds is 1. The van der Waals surface area contributed by atoms with E-state index in [1.165, 1.54) is 0 Å². The number of ether oxygens (including phenoxy) is 1. The maximum absolute atomic E-state index is 10.1. The fourth-order valence-corrected chi connectivity index (χ4v) is 2.38. The molecule has 3 N–H and O–H groups in total. The number of aryl methyl sites for hydroxylation is 1. The molecule has 0 amide bonds. The number of hydrogen-bond acceptors (Lipinski definition) is 3. The van der Waals surface area contributed by atoms with Crippen LogP contribution in [0.1, 0.15) is 29.5 Å². The first kappa shape index (κ1) is 9.04. The molecule has 1 aliphatic carbocycles. The van der Waals surface area contributed by atoms with Gasteiger partial charge in [-0.05, 0) is 31.4 Å². The topological polar surface area (TPSA) is 55.5 Å². The molecule has 0 unspecified atom stereocenters. The molecule has 1 heterocycles. The lowest BCUT2D eigenvalue weighted by Gasteiger charge is -2.17. The Morgan fingerprint density at radius 3 is 2.87 bits per heavy atom. The Balaban J connectivity index is 2.26. The number of benzene rings is 1. The highest BCUT2D eigenvalue weighted by atomic mass is 16.5. The van der Waals surface area contributed by atoms with Gasteiger partial charge in [-0.15, -0.1) is 0 Å². The van der Waals surface area contributed by atoms with E-state index < -0.39 is 0 Å². The zero-order valence-electron chi connectivity index (χ0n) is 8.84. The summed E-state index contributed by atoms with van der Waals surface area (Å²) in [5.74, 6) is 1.29. The van der Waals surface area contributed by atoms with Gasteiger partial charge < -0.3 is 15.6 Å². The monoisotopic (exact) mass is 205 g/mol. The summed E-state index contributed by atoms with van der Waals surface area (Å²) >= 11 is 0. The van der Waals surface area contributed by atoms with Crippen molar-refractivity contribution < 1.29 is 9.84 Å². The van der Waals surface area contributed by atoms with Crippen LogP contribution in [-0.2, 0) is 12.0 Å². The maximum atomic E-state index is 10.1. The molecule has 0 aromatic heterocycles. The van der Waals surface area contributed by atoms with Gasteiger partial charge in [0, 0.05) is 23.1 Å². The molecular weight excluding hydrogens is 190 g/mol. The van der Waals surface area contributed by atoms with Gasteiger partial charge in [0.15, 0.2) is 0 Å². The van der Waals surface area contributed by atoms with Gasteiger partial charge in [0.25, 0.3) is 0 Å². The van der Waals surface area contributed by atoms with Crippen LogP contribution >= 0.6 is 0 Å². The highest BCUT2D eigenvalue weighted by Gasteiger charge is 2.45. The summed E-state index contributed by atoms with van der Waals surface area (Å²) in [6, 6.07) is 1.91. The van der Waals surface area contributed by atoms with E-state index in [1.54, 1.807) is 0 Å². The van der Waals surface area contributed by atoms with Crippen LogP contribution in [0.15, 0.2) is 6.07 Å². The Bertz CT molecular complexity index is 436. The average molecular weight is 205 g/mol. The minimum absolute atomic E-state index is 0.284. The van der Waals surface area contributed by atoms with Gasteiger partial charge in [-0.2, -0.15) is 0 Å². The van der Waals surface area contributed by atoms with Crippen LogP contribution in [0.4, 0.5) is 0 Å². The molecule has 2 aliphatic rings. The van der Waals surface area contributed by atoms with Gasteiger partial charge in [0.2, 0.25) is 0 Å². The molecule has 1 fully saturated rings. The van der Waals surface area contributed by atoms with Gasteiger partial charge >= 0.3 is 0 Å². The van der Waals surface area contributed by atoms with Crippen LogP contribution in [0, 0.1) is 6.92 Å². The zero-order valence-corrected chi connectivity index (χ0v) is 8.84. The molecule has 1 aromatic carbocycles. The van der Waals surface area contributed by atoms with Crippen molar-refractivity contribution in [1.82, 2.24) is 0 Å². The van der Waals surface area contributed by atoms with E-state index in [4.69, 9.17) is 10.5 Å². The number of nitrogens with two attached hydrogens (primary N) is 1. The minimum Gasteiger partial charge on any atom is -0.507 e. The van der Waals surface area contributed by atoms with Crippen molar-refractivity contribution >= 4 is 0 Å². The van der Waals surface area contributed by atoms with Crippen LogP contribution in [0.2, 0.25) is 0 Å². The molecule has 0 saturated heterocycles. The SMILES string of the molecule is Cc1cc2c(c(C3(N)CC3)c1O)CCO2. The highest BCUT2D eigenvalue weighted by molar-refractivity contribution is 5.58. The molecule has 0 radical (unpaired) electrons. The van der Waals surface area contributed by atoms with Crippen molar-refractivity contribution in [2.75, 3.05) is 6.61 Å². The summed E-state index contributed by atoms with van der Waals surface area (Å²) in [7, 11) is 0. The Kier molecular flexibility index (Phi) is 1.61. The molecule has 3 nitrogen and oxygen atoms in total. The Labute approximate surface area is 88.9 Å². The lowest BCUT2D eigenvalue weighted by Crippen LogP contribution is -2.21. The molecular formula is C12H15NO2. The molecule has 15 heavy (non-hydrogen) atoms. The summed E-state index contributed by atoms with van der Waals surface area (Å²) in [5.41, 5.74) is 8.84. The third-order valence-electron chi connectivity index (χ3n) is 3.45. The quantitative estimate of drug-likeness (QED) is 0.732. The van der Waals surface area contributed by atoms with Crippen molar-refractivity contribution in [2.24, 2.45) is 5.73 Å². The Hall–Kier alpha value is -1.22. The molecule has 1 aromatic rings. The van der Waals surface area contributed by atoms with Crippen LogP contribution in [0.25, 0.3) is 0 Å². The standard InChI is InChI=1S/C12H15NO2/c1-7-6-9-8(2-5-15-9)10(11(7)14)12(13)3-4-12/h6,14H,2-5,13H2,1H3. The number of phenolic OH excluding ortho intramolecular Hbond substituents is 1. The largest absolute Gasteiger partial charge is 0.507 e. The van der Waals surface area contributed by atoms with Crippen molar-refractivity contribution in [2.45, 2.75) is 31.7 Å². The van der Waals surface area contributed by atoms with E-state index in [0.29, 0.717) is 12.4 Å². The van der Waals surface area contributed by atoms with Crippen molar-refractivity contribution in [1.29, 1.82) is 0 Å². The van der Waals surface area contributed by atoms with Gasteiger partial charge in [-0.1, -0.05) is 0 Å². The molecule has 80 valence electrons. The predicted octanol–water partition coefficient (Wildman–Crippen LogP) is 1.58. The second-order valence-electron chi connectivity index (χ2n) is 4.65. The van der Waals surface area contributed by atoms with Gasteiger partial charge in [-0.25, -0.2) is 0 Å². The lowest BCUT2D eigenvalue weighted by atomic mass is 9.93. The Morgan fingerprint density at radius 1 is 1.47 bits per heavy atom. The van der Waals surface area contributed by atoms with E-state index >= 15 is 0 Å². The Morgan fingerprint density at radius 2 is 2.20 bits per heavy atom. The fraction of sp³-hybridized carbons (Fsp3) is 0.500. The summed E-state index contributed by atoms with van der Waals surface area (Å²) in [6.45, 7) is 2.60. The molecule has 1 aliphatic heterocycles. The lowest BCUT2D eigenvalue weighted by molar-refractivity contribution is 0.356. The maximum Gasteiger partial charge on any atom is 0.124 e. The third kappa shape index (κ3) is 1.16. The minimum atomic E-state index is -0.284. The number of aromatic hydroxyl groups is 1. The summed E-state index contributed by atoms with van der Waals surface area (Å²) in [4.78, 5) is 0. The van der Waals surface area contributed by atoms with Gasteiger partial charge in [0.1, 0.15) is 11.5 Å². The van der Waals surface area contributed by atoms with Crippen molar-refractivity contribution in [3.8, 4) is 11.5 Å². The molecule has 0 bridgehead atoms. The first-order chi connectivity index (χ1) is 7.12. The van der Waals surface area contributed by atoms with Gasteiger partial charge in [-0.3, -0.25) is 0 Å². The van der Waals surface area contributed by atoms with Crippen LogP contribution in [-0.4, -0.2) is 11.7 Å². The fourth-order valence-electron chi connectivity index (χ4n) is 2.38. The van der Waals surface area contributed by atoms with E-state index in [0.717, 1.165) is 41.7 Å². The number of fused-ring (bicyclic) bond motifs is 1. The van der Waals surface area contributed by atoms with Crippen molar-refractivity contribution in [3.63, 3.8) is 0 Å². The first-order valence-corrected chi connectivity index (χ1v) is 5.39.